The van der Waals surface area contributed by atoms with Crippen molar-refractivity contribution in [2.45, 2.75) is 40.5 Å². The third-order valence-electron chi connectivity index (χ3n) is 4.79. The molecule has 0 spiro atoms. The summed E-state index contributed by atoms with van der Waals surface area (Å²) in [5.41, 5.74) is 17.7. The number of aryl methyl sites for hydroxylation is 2. The monoisotopic (exact) mass is 424 g/mol. The van der Waals surface area contributed by atoms with Gasteiger partial charge in [-0.25, -0.2) is 4.98 Å². The predicted molar refractivity (Wildman–Crippen MR) is 129 cm³/mol. The van der Waals surface area contributed by atoms with Crippen LogP contribution in [0.5, 0.6) is 0 Å². The molecule has 31 heavy (non-hydrogen) atoms. The lowest BCUT2D eigenvalue weighted by Crippen LogP contribution is -2.37. The molecule has 0 atom stereocenters. The fraction of sp³-hybridized carbons (Fsp3) is 0.417. The number of pyridine rings is 1. The molecule has 0 aliphatic carbocycles. The van der Waals surface area contributed by atoms with Crippen LogP contribution < -0.4 is 16.4 Å². The van der Waals surface area contributed by atoms with Gasteiger partial charge in [-0.05, 0) is 51.5 Å². The van der Waals surface area contributed by atoms with Gasteiger partial charge in [0.15, 0.2) is 0 Å². The zero-order chi connectivity index (χ0) is 22.6. The van der Waals surface area contributed by atoms with Crippen LogP contribution in [0.2, 0.25) is 0 Å². The number of morpholine rings is 1. The van der Waals surface area contributed by atoms with E-state index in [4.69, 9.17) is 21.2 Å². The van der Waals surface area contributed by atoms with Crippen molar-refractivity contribution in [2.75, 3.05) is 31.2 Å². The Bertz CT molecular complexity index is 889. The molecule has 1 aliphatic rings. The summed E-state index contributed by atoms with van der Waals surface area (Å²) < 4.78 is 5.44. The Morgan fingerprint density at radius 3 is 2.52 bits per heavy atom. The number of ether oxygens (including phenoxy) is 1. The fourth-order valence-corrected chi connectivity index (χ4v) is 3.07. The van der Waals surface area contributed by atoms with Gasteiger partial charge in [0.2, 0.25) is 0 Å². The second-order valence-electron chi connectivity index (χ2n) is 7.59. The van der Waals surface area contributed by atoms with Crippen molar-refractivity contribution in [1.29, 1.82) is 0 Å². The van der Waals surface area contributed by atoms with E-state index in [1.165, 1.54) is 0 Å². The van der Waals surface area contributed by atoms with Gasteiger partial charge in [-0.2, -0.15) is 5.10 Å². The number of hydrogen-bond acceptors (Lipinski definition) is 6. The Balaban J connectivity index is 0.000000488. The van der Waals surface area contributed by atoms with Crippen molar-refractivity contribution in [2.24, 2.45) is 11.5 Å². The molecule has 3 rings (SSSR count). The second-order valence-corrected chi connectivity index (χ2v) is 7.59. The summed E-state index contributed by atoms with van der Waals surface area (Å²) in [7, 11) is 0. The Morgan fingerprint density at radius 1 is 1.23 bits per heavy atom. The van der Waals surface area contributed by atoms with Crippen LogP contribution in [-0.4, -0.2) is 41.5 Å². The Hall–Kier alpha value is -3.06. The van der Waals surface area contributed by atoms with Gasteiger partial charge < -0.3 is 21.1 Å². The number of hydrogen-bond donors (Lipinski definition) is 3. The molecule has 7 heteroatoms. The highest BCUT2D eigenvalue weighted by Crippen LogP contribution is 2.26. The SMILES string of the molecule is CCC/C=C\c1c(/C(N)=C/C=C(/C)N)cc(N2CCOCC2)nc1C.Cc1ccn[nH]1. The molecule has 1 fully saturated rings. The first-order valence-corrected chi connectivity index (χ1v) is 10.8. The summed E-state index contributed by atoms with van der Waals surface area (Å²) in [6.07, 6.45) is 11.9. The van der Waals surface area contributed by atoms with E-state index in [0.29, 0.717) is 5.70 Å². The van der Waals surface area contributed by atoms with Gasteiger partial charge in [-0.1, -0.05) is 25.5 Å². The standard InChI is InChI=1S/C20H30N4O.C4H6N2/c1-4-5-6-7-17-16(3)23-20(24-10-12-25-13-11-24)14-18(17)19(22)9-8-15(2)21;1-4-2-3-5-6-4/h6-9,14H,4-5,10-13,21-22H2,1-3H3;2-3H,1H3,(H,5,6)/b7-6-,15-8-,19-9-;. The van der Waals surface area contributed by atoms with E-state index >= 15 is 0 Å². The van der Waals surface area contributed by atoms with Crippen molar-refractivity contribution >= 4 is 17.6 Å². The molecule has 2 aromatic rings. The Kier molecular flexibility index (Phi) is 9.84. The average molecular weight is 425 g/mol. The maximum atomic E-state index is 6.37. The van der Waals surface area contributed by atoms with E-state index in [1.807, 2.05) is 39.0 Å². The number of nitrogens with two attached hydrogens (primary N) is 2. The molecule has 3 heterocycles. The van der Waals surface area contributed by atoms with Gasteiger partial charge in [0, 0.05) is 53.2 Å². The van der Waals surface area contributed by atoms with Crippen LogP contribution in [0.25, 0.3) is 11.8 Å². The van der Waals surface area contributed by atoms with E-state index < -0.39 is 0 Å². The third kappa shape index (κ3) is 7.94. The molecule has 0 radical (unpaired) electrons. The summed E-state index contributed by atoms with van der Waals surface area (Å²) in [6.45, 7) is 11.2. The molecule has 0 bridgehead atoms. The maximum absolute atomic E-state index is 6.37. The summed E-state index contributed by atoms with van der Waals surface area (Å²) in [4.78, 5) is 7.06. The number of aromatic amines is 1. The van der Waals surface area contributed by atoms with Crippen LogP contribution in [0.3, 0.4) is 0 Å². The van der Waals surface area contributed by atoms with Crippen molar-refractivity contribution in [1.82, 2.24) is 15.2 Å². The quantitative estimate of drug-likeness (QED) is 0.607. The minimum Gasteiger partial charge on any atom is -0.402 e. The first-order chi connectivity index (χ1) is 14.9. The summed E-state index contributed by atoms with van der Waals surface area (Å²) in [6, 6.07) is 4.00. The summed E-state index contributed by atoms with van der Waals surface area (Å²) in [5.74, 6) is 0.952. The first-order valence-electron chi connectivity index (χ1n) is 10.8. The smallest absolute Gasteiger partial charge is 0.129 e. The number of nitrogens with one attached hydrogen (secondary N) is 1. The lowest BCUT2D eigenvalue weighted by Gasteiger charge is -2.29. The third-order valence-corrected chi connectivity index (χ3v) is 4.79. The minimum atomic E-state index is 0.695. The zero-order valence-corrected chi connectivity index (χ0v) is 19.2. The van der Waals surface area contributed by atoms with E-state index in [9.17, 15) is 0 Å². The van der Waals surface area contributed by atoms with Gasteiger partial charge in [0.25, 0.3) is 0 Å². The van der Waals surface area contributed by atoms with Crippen molar-refractivity contribution in [3.63, 3.8) is 0 Å². The van der Waals surface area contributed by atoms with E-state index in [0.717, 1.165) is 73.2 Å². The van der Waals surface area contributed by atoms with Gasteiger partial charge in [0.05, 0.1) is 13.2 Å². The normalized spacial score (nSPS) is 15.2. The molecule has 7 nitrogen and oxygen atoms in total. The molecule has 168 valence electrons. The molecule has 1 saturated heterocycles. The van der Waals surface area contributed by atoms with Gasteiger partial charge >= 0.3 is 0 Å². The predicted octanol–water partition coefficient (Wildman–Crippen LogP) is 3.92. The lowest BCUT2D eigenvalue weighted by molar-refractivity contribution is 0.122. The lowest BCUT2D eigenvalue weighted by atomic mass is 10.0. The molecule has 0 amide bonds. The molecule has 0 aromatic carbocycles. The van der Waals surface area contributed by atoms with E-state index in [2.05, 4.69) is 40.2 Å². The highest BCUT2D eigenvalue weighted by atomic mass is 16.5. The maximum Gasteiger partial charge on any atom is 0.129 e. The molecular weight excluding hydrogens is 388 g/mol. The summed E-state index contributed by atoms with van der Waals surface area (Å²) >= 11 is 0. The first kappa shape index (κ1) is 24.2. The molecule has 0 unspecified atom stereocenters. The Labute approximate surface area is 185 Å². The minimum absolute atomic E-state index is 0.695. The molecule has 1 aliphatic heterocycles. The van der Waals surface area contributed by atoms with Gasteiger partial charge in [-0.3, -0.25) is 5.10 Å². The van der Waals surface area contributed by atoms with Gasteiger partial charge in [-0.15, -0.1) is 0 Å². The van der Waals surface area contributed by atoms with Crippen molar-refractivity contribution in [3.8, 4) is 0 Å². The highest BCUT2D eigenvalue weighted by Gasteiger charge is 2.16. The fourth-order valence-electron chi connectivity index (χ4n) is 3.07. The largest absolute Gasteiger partial charge is 0.402 e. The van der Waals surface area contributed by atoms with Crippen LogP contribution in [-0.2, 0) is 4.74 Å². The number of H-pyrrole nitrogens is 1. The van der Waals surface area contributed by atoms with Crippen molar-refractivity contribution < 1.29 is 4.74 Å². The highest BCUT2D eigenvalue weighted by molar-refractivity contribution is 5.76. The van der Waals surface area contributed by atoms with Crippen molar-refractivity contribution in [3.05, 3.63) is 64.8 Å². The average Bonchev–Trinajstić information content (AvgIpc) is 3.25. The number of nitrogens with zero attached hydrogens (tertiary/aromatic N) is 3. The summed E-state index contributed by atoms with van der Waals surface area (Å²) in [5, 5.41) is 6.45. The van der Waals surface area contributed by atoms with E-state index in [1.54, 1.807) is 6.20 Å². The Morgan fingerprint density at radius 2 is 1.97 bits per heavy atom. The van der Waals surface area contributed by atoms with Crippen LogP contribution in [0.4, 0.5) is 5.82 Å². The zero-order valence-electron chi connectivity index (χ0n) is 19.2. The number of aromatic nitrogens is 3. The van der Waals surface area contributed by atoms with E-state index in [-0.39, 0.29) is 0 Å². The number of rotatable bonds is 6. The number of unbranched alkanes of at least 4 members (excludes halogenated alkanes) is 1. The number of anilines is 1. The van der Waals surface area contributed by atoms with Gasteiger partial charge in [0.1, 0.15) is 5.82 Å². The number of allylic oxidation sites excluding steroid dienone is 4. The molecule has 0 saturated carbocycles. The van der Waals surface area contributed by atoms with Crippen LogP contribution in [0.1, 0.15) is 49.2 Å². The molecule has 2 aromatic heterocycles. The van der Waals surface area contributed by atoms with Crippen LogP contribution in [0.15, 0.2) is 42.3 Å². The molecular formula is C24H36N6O. The van der Waals surface area contributed by atoms with Crippen LogP contribution in [0, 0.1) is 13.8 Å². The van der Waals surface area contributed by atoms with Crippen LogP contribution >= 0.6 is 0 Å². The second kappa shape index (κ2) is 12.6. The molecule has 5 N–H and O–H groups in total. The topological polar surface area (TPSA) is 106 Å².